The van der Waals surface area contributed by atoms with Crippen LogP contribution in [0.1, 0.15) is 36.1 Å². The smallest absolute Gasteiger partial charge is 0.228 e. The SMILES string of the molecule is Cc1ccc2c(C)c3c(c(C)c2c1)-c1c2c(cc4cc(CC(C)(C)C#N)ccc4c2cc[n+]1C)O3. The number of pyridine rings is 1. The topological polar surface area (TPSA) is 36.9 Å². The average Bonchev–Trinajstić information content (AvgIpc) is 2.83. The van der Waals surface area contributed by atoms with E-state index in [1.165, 1.54) is 55.1 Å². The van der Waals surface area contributed by atoms with Crippen molar-refractivity contribution < 1.29 is 9.30 Å². The number of benzene rings is 4. The summed E-state index contributed by atoms with van der Waals surface area (Å²) in [6.45, 7) is 10.5. The molecule has 0 fully saturated rings. The second kappa shape index (κ2) is 7.30. The van der Waals surface area contributed by atoms with Crippen molar-refractivity contribution >= 4 is 32.3 Å². The van der Waals surface area contributed by atoms with Gasteiger partial charge in [-0.05, 0) is 79.8 Å². The summed E-state index contributed by atoms with van der Waals surface area (Å²) >= 11 is 0. The van der Waals surface area contributed by atoms with Crippen LogP contribution < -0.4 is 9.30 Å². The van der Waals surface area contributed by atoms with E-state index in [0.29, 0.717) is 0 Å². The van der Waals surface area contributed by atoms with E-state index in [9.17, 15) is 5.26 Å². The molecule has 1 aliphatic heterocycles. The van der Waals surface area contributed by atoms with Gasteiger partial charge in [0.2, 0.25) is 5.69 Å². The summed E-state index contributed by atoms with van der Waals surface area (Å²) in [6.07, 6.45) is 2.88. The summed E-state index contributed by atoms with van der Waals surface area (Å²) in [7, 11) is 2.13. The first-order valence-electron chi connectivity index (χ1n) is 12.2. The number of rotatable bonds is 2. The van der Waals surface area contributed by atoms with Crippen LogP contribution in [0, 0.1) is 37.5 Å². The van der Waals surface area contributed by atoms with Crippen LogP contribution in [-0.2, 0) is 13.5 Å². The molecule has 4 aromatic carbocycles. The number of hydrogen-bond acceptors (Lipinski definition) is 2. The normalized spacial score (nSPS) is 12.6. The predicted molar refractivity (Wildman–Crippen MR) is 143 cm³/mol. The molecule has 0 spiro atoms. The minimum atomic E-state index is -0.400. The van der Waals surface area contributed by atoms with Gasteiger partial charge in [0.15, 0.2) is 6.20 Å². The summed E-state index contributed by atoms with van der Waals surface area (Å²) < 4.78 is 8.99. The Morgan fingerprint density at radius 1 is 0.886 bits per heavy atom. The van der Waals surface area contributed by atoms with E-state index < -0.39 is 5.41 Å². The van der Waals surface area contributed by atoms with E-state index >= 15 is 0 Å². The molecule has 0 saturated heterocycles. The molecule has 0 saturated carbocycles. The molecule has 0 N–H and O–H groups in total. The number of ether oxygens (including phenoxy) is 1. The standard InChI is InChI=1S/C32H29N2O/c1-18-7-9-23-20(3)31-28(19(2)26(23)13-18)30-29-25(11-12-34(30)6)24-10-8-21(16-32(4,5)17-33)14-22(24)15-27(29)35-31/h7-15H,16H2,1-6H3/q+1. The van der Waals surface area contributed by atoms with Crippen LogP contribution >= 0.6 is 0 Å². The molecule has 6 rings (SSSR count). The van der Waals surface area contributed by atoms with Gasteiger partial charge in [0.1, 0.15) is 18.5 Å². The Kier molecular flexibility index (Phi) is 4.51. The van der Waals surface area contributed by atoms with Gasteiger partial charge < -0.3 is 4.74 Å². The third-order valence-electron chi connectivity index (χ3n) is 7.59. The van der Waals surface area contributed by atoms with E-state index in [1.54, 1.807) is 0 Å². The van der Waals surface area contributed by atoms with E-state index in [0.717, 1.165) is 28.7 Å². The van der Waals surface area contributed by atoms with Crippen LogP contribution in [0.3, 0.4) is 0 Å². The number of aromatic nitrogens is 1. The second-order valence-electron chi connectivity index (χ2n) is 10.8. The largest absolute Gasteiger partial charge is 0.455 e. The Morgan fingerprint density at radius 3 is 2.43 bits per heavy atom. The van der Waals surface area contributed by atoms with Crippen LogP contribution in [0.25, 0.3) is 43.6 Å². The number of fused-ring (bicyclic) bond motifs is 5. The molecule has 0 bridgehead atoms. The van der Waals surface area contributed by atoms with Crippen LogP contribution in [0.4, 0.5) is 0 Å². The fourth-order valence-corrected chi connectivity index (χ4v) is 5.79. The van der Waals surface area contributed by atoms with Gasteiger partial charge in [-0.15, -0.1) is 0 Å². The van der Waals surface area contributed by atoms with Crippen molar-refractivity contribution in [1.29, 1.82) is 5.26 Å². The molecule has 1 aliphatic rings. The van der Waals surface area contributed by atoms with Crippen LogP contribution in [0.2, 0.25) is 0 Å². The van der Waals surface area contributed by atoms with Gasteiger partial charge in [-0.3, -0.25) is 0 Å². The fourth-order valence-electron chi connectivity index (χ4n) is 5.79. The Morgan fingerprint density at radius 2 is 1.66 bits per heavy atom. The monoisotopic (exact) mass is 457 g/mol. The molecule has 3 heteroatoms. The molecule has 1 aromatic heterocycles. The van der Waals surface area contributed by atoms with Gasteiger partial charge in [-0.2, -0.15) is 5.26 Å². The van der Waals surface area contributed by atoms with Crippen molar-refractivity contribution in [2.45, 2.75) is 41.0 Å². The van der Waals surface area contributed by atoms with Crippen LogP contribution in [-0.4, -0.2) is 0 Å². The lowest BCUT2D eigenvalue weighted by Gasteiger charge is -2.25. The van der Waals surface area contributed by atoms with E-state index in [1.807, 2.05) is 13.8 Å². The van der Waals surface area contributed by atoms with Gasteiger partial charge in [-0.1, -0.05) is 42.0 Å². The third kappa shape index (κ3) is 3.13. The zero-order valence-electron chi connectivity index (χ0n) is 21.2. The minimum Gasteiger partial charge on any atom is -0.455 e. The lowest BCUT2D eigenvalue weighted by atomic mass is 9.85. The molecule has 5 aromatic rings. The van der Waals surface area contributed by atoms with Crippen molar-refractivity contribution in [2.75, 3.05) is 0 Å². The van der Waals surface area contributed by atoms with E-state index in [-0.39, 0.29) is 0 Å². The number of nitriles is 1. The van der Waals surface area contributed by atoms with Gasteiger partial charge in [0, 0.05) is 17.0 Å². The van der Waals surface area contributed by atoms with Gasteiger partial charge in [0.25, 0.3) is 0 Å². The zero-order valence-corrected chi connectivity index (χ0v) is 21.2. The van der Waals surface area contributed by atoms with Crippen molar-refractivity contribution in [3.8, 4) is 28.8 Å². The molecule has 3 nitrogen and oxygen atoms in total. The van der Waals surface area contributed by atoms with E-state index in [2.05, 4.69) is 93.2 Å². The molecule has 0 aliphatic carbocycles. The van der Waals surface area contributed by atoms with Gasteiger partial charge in [-0.25, -0.2) is 4.57 Å². The quantitative estimate of drug-likeness (QED) is 0.197. The second-order valence-corrected chi connectivity index (χ2v) is 10.8. The lowest BCUT2D eigenvalue weighted by molar-refractivity contribution is -0.659. The highest BCUT2D eigenvalue weighted by atomic mass is 16.5. The molecule has 2 heterocycles. The van der Waals surface area contributed by atoms with Gasteiger partial charge >= 0.3 is 0 Å². The van der Waals surface area contributed by atoms with Crippen LogP contribution in [0.5, 0.6) is 11.5 Å². The fraction of sp³-hybridized carbons (Fsp3) is 0.250. The molecule has 35 heavy (non-hydrogen) atoms. The molecular formula is C32H29N2O+. The zero-order chi connectivity index (χ0) is 24.6. The number of nitrogens with zero attached hydrogens (tertiary/aromatic N) is 2. The summed E-state index contributed by atoms with van der Waals surface area (Å²) in [5.74, 6) is 1.85. The first kappa shape index (κ1) is 21.6. The molecule has 0 radical (unpaired) electrons. The van der Waals surface area contributed by atoms with Crippen molar-refractivity contribution in [2.24, 2.45) is 12.5 Å². The highest BCUT2D eigenvalue weighted by molar-refractivity contribution is 6.16. The maximum atomic E-state index is 9.52. The maximum absolute atomic E-state index is 9.52. The highest BCUT2D eigenvalue weighted by Crippen LogP contribution is 2.51. The summed E-state index contributed by atoms with van der Waals surface area (Å²) in [4.78, 5) is 0. The first-order chi connectivity index (χ1) is 16.7. The number of hydrogen-bond donors (Lipinski definition) is 0. The molecule has 0 amide bonds. The Bertz CT molecular complexity index is 1770. The van der Waals surface area contributed by atoms with Gasteiger partial charge in [0.05, 0.1) is 22.4 Å². The van der Waals surface area contributed by atoms with E-state index in [4.69, 9.17) is 4.74 Å². The number of aryl methyl sites for hydroxylation is 4. The Balaban J connectivity index is 1.69. The third-order valence-corrected chi connectivity index (χ3v) is 7.59. The maximum Gasteiger partial charge on any atom is 0.228 e. The predicted octanol–water partition coefficient (Wildman–Crippen LogP) is 7.76. The summed E-state index contributed by atoms with van der Waals surface area (Å²) in [5.41, 5.74) is 6.86. The van der Waals surface area contributed by atoms with Crippen LogP contribution in [0.15, 0.2) is 54.7 Å². The summed E-state index contributed by atoms with van der Waals surface area (Å²) in [5, 5.41) is 16.8. The molecular weight excluding hydrogens is 428 g/mol. The lowest BCUT2D eigenvalue weighted by Crippen LogP contribution is -2.32. The molecule has 0 unspecified atom stereocenters. The van der Waals surface area contributed by atoms with Crippen molar-refractivity contribution in [3.05, 3.63) is 77.0 Å². The van der Waals surface area contributed by atoms with Crippen molar-refractivity contribution in [1.82, 2.24) is 0 Å². The average molecular weight is 458 g/mol. The molecule has 0 atom stereocenters. The first-order valence-corrected chi connectivity index (χ1v) is 12.2. The van der Waals surface area contributed by atoms with Crippen molar-refractivity contribution in [3.63, 3.8) is 0 Å². The minimum absolute atomic E-state index is 0.400. The summed E-state index contributed by atoms with van der Waals surface area (Å²) in [6, 6.07) is 20.1. The molecule has 172 valence electrons. The highest BCUT2D eigenvalue weighted by Gasteiger charge is 2.32. The Labute approximate surface area is 206 Å². The Hall–Kier alpha value is -3.90.